The number of aromatic nitrogens is 2. The Morgan fingerprint density at radius 1 is 1.03 bits per heavy atom. The standard InChI is InChI=1S/C27H29N5O5S/c1-4-15-5-11-18(12-6-15)28-20(33)13-19-23(34)32-27(38-19)29-22(17-9-7-16(8-10-17)14(2)3)21-24(35)30-26(37)31-25(21)36/h5-12,14,19,22H,4,13H2,1-3H3,(H,28,33)(H,29,32,34)(H3,30,31,35,36,37). The van der Waals surface area contributed by atoms with E-state index in [1.165, 1.54) is 0 Å². The maximum Gasteiger partial charge on any atom is 0.328 e. The number of hydrogen-bond donors (Lipinski definition) is 5. The Morgan fingerprint density at radius 2 is 1.68 bits per heavy atom. The quantitative estimate of drug-likeness (QED) is 0.298. The Balaban J connectivity index is 1.58. The molecule has 1 saturated heterocycles. The molecule has 0 radical (unpaired) electrons. The van der Waals surface area contributed by atoms with Crippen molar-refractivity contribution in [2.24, 2.45) is 4.99 Å². The van der Waals surface area contributed by atoms with Gasteiger partial charge in [-0.25, -0.2) is 9.79 Å². The van der Waals surface area contributed by atoms with Crippen molar-refractivity contribution in [3.05, 3.63) is 91.6 Å². The lowest BCUT2D eigenvalue weighted by atomic mass is 9.96. The van der Waals surface area contributed by atoms with Crippen LogP contribution in [0.1, 0.15) is 61.4 Å². The minimum Gasteiger partial charge on any atom is -0.494 e. The maximum absolute atomic E-state index is 12.7. The van der Waals surface area contributed by atoms with Crippen molar-refractivity contribution in [1.29, 1.82) is 0 Å². The highest BCUT2D eigenvalue weighted by Crippen LogP contribution is 2.32. The first-order valence-corrected chi connectivity index (χ1v) is 13.1. The number of thioether (sulfide) groups is 1. The Bertz CT molecular complexity index is 1480. The number of carbonyl (C=O) groups is 2. The molecular formula is C27H29N5O5S. The van der Waals surface area contributed by atoms with Crippen LogP contribution in [0.2, 0.25) is 0 Å². The third-order valence-corrected chi connectivity index (χ3v) is 7.29. The molecule has 2 aromatic carbocycles. The number of carbonyl (C=O) groups excluding carboxylic acids is 2. The molecule has 0 aliphatic carbocycles. The molecule has 11 heteroatoms. The summed E-state index contributed by atoms with van der Waals surface area (Å²) in [6.45, 7) is 6.14. The number of amidine groups is 1. The van der Waals surface area contributed by atoms with Gasteiger partial charge >= 0.3 is 5.69 Å². The lowest BCUT2D eigenvalue weighted by molar-refractivity contribution is -0.122. The molecule has 2 atom stereocenters. The number of anilines is 1. The summed E-state index contributed by atoms with van der Waals surface area (Å²) in [4.78, 5) is 58.4. The van der Waals surface area contributed by atoms with Crippen LogP contribution in [-0.2, 0) is 16.0 Å². The molecule has 0 bridgehead atoms. The van der Waals surface area contributed by atoms with Gasteiger partial charge in [-0.3, -0.25) is 24.4 Å². The molecule has 10 nitrogen and oxygen atoms in total. The van der Waals surface area contributed by atoms with E-state index in [0.717, 1.165) is 29.3 Å². The van der Waals surface area contributed by atoms with E-state index in [1.54, 1.807) is 12.1 Å². The molecule has 3 aromatic rings. The number of nitrogens with one attached hydrogen (secondary N) is 4. The number of nitrogens with zero attached hydrogens (tertiary/aromatic N) is 1. The summed E-state index contributed by atoms with van der Waals surface area (Å²) in [5.74, 6) is -1.04. The van der Waals surface area contributed by atoms with Gasteiger partial charge in [-0.05, 0) is 41.2 Å². The first-order chi connectivity index (χ1) is 18.1. The fourth-order valence-corrected chi connectivity index (χ4v) is 5.02. The molecular weight excluding hydrogens is 506 g/mol. The van der Waals surface area contributed by atoms with Crippen LogP contribution >= 0.6 is 11.8 Å². The largest absolute Gasteiger partial charge is 0.494 e. The van der Waals surface area contributed by atoms with E-state index >= 15 is 0 Å². The van der Waals surface area contributed by atoms with Crippen molar-refractivity contribution in [2.45, 2.75) is 50.8 Å². The number of rotatable bonds is 8. The zero-order valence-electron chi connectivity index (χ0n) is 21.2. The first-order valence-electron chi connectivity index (χ1n) is 12.2. The van der Waals surface area contributed by atoms with Crippen molar-refractivity contribution >= 4 is 34.4 Å². The topological polar surface area (TPSA) is 157 Å². The summed E-state index contributed by atoms with van der Waals surface area (Å²) in [5.41, 5.74) is 1.61. The van der Waals surface area contributed by atoms with Gasteiger partial charge in [0.15, 0.2) is 5.17 Å². The molecule has 2 unspecified atom stereocenters. The van der Waals surface area contributed by atoms with Gasteiger partial charge < -0.3 is 15.7 Å². The van der Waals surface area contributed by atoms with Gasteiger partial charge in [0.05, 0.1) is 0 Å². The molecule has 0 spiro atoms. The fraction of sp³-hybridized carbons (Fsp3) is 0.296. The van der Waals surface area contributed by atoms with Crippen molar-refractivity contribution in [2.75, 3.05) is 5.32 Å². The Kier molecular flexibility index (Phi) is 8.16. The van der Waals surface area contributed by atoms with Crippen LogP contribution in [0.4, 0.5) is 5.69 Å². The number of hydrogen-bond acceptors (Lipinski definition) is 7. The van der Waals surface area contributed by atoms with Gasteiger partial charge in [0.25, 0.3) is 5.56 Å². The average molecular weight is 536 g/mol. The minimum atomic E-state index is -1.02. The molecule has 1 fully saturated rings. The second kappa shape index (κ2) is 11.5. The van der Waals surface area contributed by atoms with Crippen LogP contribution < -0.4 is 21.9 Å². The second-order valence-corrected chi connectivity index (χ2v) is 10.4. The normalized spacial score (nSPS) is 17.0. The number of aromatic amines is 2. The smallest absolute Gasteiger partial charge is 0.328 e. The highest BCUT2D eigenvalue weighted by atomic mass is 32.2. The predicted octanol–water partition coefficient (Wildman–Crippen LogP) is 3.16. The number of benzene rings is 2. The molecule has 4 rings (SSSR count). The Morgan fingerprint density at radius 3 is 2.29 bits per heavy atom. The third-order valence-electron chi connectivity index (χ3n) is 6.19. The van der Waals surface area contributed by atoms with Gasteiger partial charge in [0, 0.05) is 12.1 Å². The van der Waals surface area contributed by atoms with E-state index in [9.17, 15) is 24.3 Å². The number of aryl methyl sites for hydroxylation is 1. The van der Waals surface area contributed by atoms with Crippen LogP contribution in [0.5, 0.6) is 5.88 Å². The lowest BCUT2D eigenvalue weighted by Crippen LogP contribution is -2.29. The highest BCUT2D eigenvalue weighted by molar-refractivity contribution is 8.15. The van der Waals surface area contributed by atoms with E-state index in [2.05, 4.69) is 25.6 Å². The molecule has 0 saturated carbocycles. The van der Waals surface area contributed by atoms with Crippen molar-refractivity contribution in [3.63, 3.8) is 0 Å². The summed E-state index contributed by atoms with van der Waals surface area (Å²) in [6.07, 6.45) is 0.810. The van der Waals surface area contributed by atoms with Crippen LogP contribution in [-0.4, -0.2) is 37.3 Å². The molecule has 1 aromatic heterocycles. The Hall–Kier alpha value is -4.12. The van der Waals surface area contributed by atoms with E-state index in [0.29, 0.717) is 11.3 Å². The van der Waals surface area contributed by atoms with Crippen LogP contribution in [0, 0.1) is 0 Å². The molecule has 1 aliphatic rings. The third kappa shape index (κ3) is 6.23. The molecule has 1 aliphatic heterocycles. The highest BCUT2D eigenvalue weighted by Gasteiger charge is 2.34. The fourth-order valence-electron chi connectivity index (χ4n) is 4.03. The number of aliphatic imine (C=N–C) groups is 1. The molecule has 2 heterocycles. The molecule has 38 heavy (non-hydrogen) atoms. The predicted molar refractivity (Wildman–Crippen MR) is 148 cm³/mol. The van der Waals surface area contributed by atoms with Gasteiger partial charge in [-0.2, -0.15) is 0 Å². The van der Waals surface area contributed by atoms with E-state index in [1.807, 2.05) is 57.2 Å². The van der Waals surface area contributed by atoms with E-state index < -0.39 is 34.3 Å². The van der Waals surface area contributed by atoms with Crippen LogP contribution in [0.25, 0.3) is 0 Å². The van der Waals surface area contributed by atoms with Crippen LogP contribution in [0.15, 0.2) is 63.1 Å². The Labute approximate surface area is 223 Å². The summed E-state index contributed by atoms with van der Waals surface area (Å²) >= 11 is 1.07. The van der Waals surface area contributed by atoms with Gasteiger partial charge in [-0.1, -0.05) is 68.9 Å². The van der Waals surface area contributed by atoms with Crippen molar-refractivity contribution in [3.8, 4) is 5.88 Å². The molecule has 198 valence electrons. The maximum atomic E-state index is 12.7. The van der Waals surface area contributed by atoms with E-state index in [-0.39, 0.29) is 29.0 Å². The summed E-state index contributed by atoms with van der Waals surface area (Å²) in [7, 11) is 0. The zero-order chi connectivity index (χ0) is 27.4. The number of aromatic hydroxyl groups is 1. The summed E-state index contributed by atoms with van der Waals surface area (Å²) < 4.78 is 0. The first kappa shape index (κ1) is 26.9. The average Bonchev–Trinajstić information content (AvgIpc) is 3.21. The number of H-pyrrole nitrogens is 2. The lowest BCUT2D eigenvalue weighted by Gasteiger charge is -2.15. The van der Waals surface area contributed by atoms with Crippen molar-refractivity contribution < 1.29 is 14.7 Å². The minimum absolute atomic E-state index is 0.0801. The van der Waals surface area contributed by atoms with E-state index in [4.69, 9.17) is 0 Å². The second-order valence-electron chi connectivity index (χ2n) is 9.23. The number of amides is 2. The van der Waals surface area contributed by atoms with Gasteiger partial charge in [-0.15, -0.1) is 0 Å². The SMILES string of the molecule is CCc1ccc(NC(=O)CC2SC(=NC(c3ccc(C(C)C)cc3)c3c(O)[nH]c(=O)[nH]c3=O)NC2=O)cc1. The zero-order valence-corrected chi connectivity index (χ0v) is 22.0. The van der Waals surface area contributed by atoms with Gasteiger partial charge in [0.2, 0.25) is 17.7 Å². The van der Waals surface area contributed by atoms with Crippen LogP contribution in [0.3, 0.4) is 0 Å². The molecule has 2 amide bonds. The molecule has 5 N–H and O–H groups in total. The van der Waals surface area contributed by atoms with Crippen molar-refractivity contribution in [1.82, 2.24) is 15.3 Å². The summed E-state index contributed by atoms with van der Waals surface area (Å²) in [5, 5.41) is 15.4. The van der Waals surface area contributed by atoms with Gasteiger partial charge in [0.1, 0.15) is 16.9 Å². The summed E-state index contributed by atoms with van der Waals surface area (Å²) in [6, 6.07) is 13.8. The monoisotopic (exact) mass is 535 g/mol.